The molecule has 0 aromatic heterocycles. The van der Waals surface area contributed by atoms with Crippen molar-refractivity contribution >= 4 is 23.3 Å². The number of nitrogens with zero attached hydrogens (tertiary/aromatic N) is 1. The summed E-state index contributed by atoms with van der Waals surface area (Å²) in [6.45, 7) is 0.564. The third kappa shape index (κ3) is 4.11. The lowest BCUT2D eigenvalue weighted by Gasteiger charge is -2.25. The second-order valence-electron chi connectivity index (χ2n) is 6.82. The number of urea groups is 1. The van der Waals surface area contributed by atoms with Crippen molar-refractivity contribution in [2.75, 3.05) is 16.8 Å². The van der Waals surface area contributed by atoms with Crippen molar-refractivity contribution in [1.29, 1.82) is 0 Å². The van der Waals surface area contributed by atoms with Crippen molar-refractivity contribution < 1.29 is 14.0 Å². The first-order valence-electron chi connectivity index (χ1n) is 9.39. The number of halogens is 1. The van der Waals surface area contributed by atoms with Crippen LogP contribution < -0.4 is 15.5 Å². The fourth-order valence-corrected chi connectivity index (χ4v) is 3.52. The van der Waals surface area contributed by atoms with Gasteiger partial charge < -0.3 is 15.5 Å². The topological polar surface area (TPSA) is 61.4 Å². The van der Waals surface area contributed by atoms with Crippen LogP contribution in [0.1, 0.15) is 17.2 Å². The molecule has 1 aliphatic heterocycles. The van der Waals surface area contributed by atoms with Crippen molar-refractivity contribution in [3.05, 3.63) is 95.8 Å². The summed E-state index contributed by atoms with van der Waals surface area (Å²) in [7, 11) is 0. The lowest BCUT2D eigenvalue weighted by molar-refractivity contribution is -0.120. The first-order chi connectivity index (χ1) is 14.1. The summed E-state index contributed by atoms with van der Waals surface area (Å²) in [6.07, 6.45) is 0.777. The van der Waals surface area contributed by atoms with E-state index in [0.29, 0.717) is 17.8 Å². The van der Waals surface area contributed by atoms with E-state index in [1.807, 2.05) is 42.5 Å². The van der Waals surface area contributed by atoms with E-state index in [9.17, 15) is 14.0 Å². The number of carbonyl (C=O) groups is 2. The van der Waals surface area contributed by atoms with Crippen LogP contribution in [0.4, 0.5) is 20.6 Å². The van der Waals surface area contributed by atoms with Crippen LogP contribution in [0.5, 0.6) is 0 Å². The van der Waals surface area contributed by atoms with Gasteiger partial charge in [-0.15, -0.1) is 0 Å². The Morgan fingerprint density at radius 2 is 1.69 bits per heavy atom. The van der Waals surface area contributed by atoms with Crippen molar-refractivity contribution in [2.24, 2.45) is 0 Å². The third-order valence-corrected chi connectivity index (χ3v) is 4.89. The smallest absolute Gasteiger partial charge is 0.320 e. The molecule has 0 saturated heterocycles. The summed E-state index contributed by atoms with van der Waals surface area (Å²) in [6, 6.07) is 21.0. The molecule has 0 spiro atoms. The number of benzene rings is 3. The van der Waals surface area contributed by atoms with E-state index in [0.717, 1.165) is 17.7 Å². The summed E-state index contributed by atoms with van der Waals surface area (Å²) in [5.41, 5.74) is 2.96. The van der Waals surface area contributed by atoms with Gasteiger partial charge in [-0.1, -0.05) is 54.6 Å². The van der Waals surface area contributed by atoms with Gasteiger partial charge in [0.05, 0.1) is 0 Å². The van der Waals surface area contributed by atoms with Gasteiger partial charge in [0.25, 0.3) is 5.91 Å². The van der Waals surface area contributed by atoms with Gasteiger partial charge in [0.15, 0.2) is 0 Å². The van der Waals surface area contributed by atoms with Gasteiger partial charge in [-0.2, -0.15) is 0 Å². The molecule has 3 amide bonds. The maximum Gasteiger partial charge on any atom is 0.320 e. The number of carbonyl (C=O) groups excluding carboxylic acids is 2. The van der Waals surface area contributed by atoms with E-state index in [4.69, 9.17) is 0 Å². The summed E-state index contributed by atoms with van der Waals surface area (Å²) in [5.74, 6) is -0.664. The largest absolute Gasteiger partial charge is 0.322 e. The molecule has 0 saturated carbocycles. The van der Waals surface area contributed by atoms with E-state index < -0.39 is 17.9 Å². The molecule has 146 valence electrons. The predicted octanol–water partition coefficient (Wildman–Crippen LogP) is 4.28. The molecule has 3 aromatic rings. The Hall–Kier alpha value is -3.67. The molecule has 0 aliphatic carbocycles. The van der Waals surface area contributed by atoms with Crippen molar-refractivity contribution in [3.63, 3.8) is 0 Å². The lowest BCUT2D eigenvalue weighted by Crippen LogP contribution is -2.43. The van der Waals surface area contributed by atoms with E-state index in [2.05, 4.69) is 10.6 Å². The molecule has 1 unspecified atom stereocenters. The van der Waals surface area contributed by atoms with Crippen LogP contribution in [0, 0.1) is 5.82 Å². The van der Waals surface area contributed by atoms with Crippen LogP contribution in [-0.4, -0.2) is 18.5 Å². The van der Waals surface area contributed by atoms with Crippen LogP contribution >= 0.6 is 0 Å². The highest BCUT2D eigenvalue weighted by atomic mass is 19.1. The number of fused-ring (bicyclic) bond motifs is 1. The Balaban J connectivity index is 1.57. The van der Waals surface area contributed by atoms with Crippen LogP contribution in [0.3, 0.4) is 0 Å². The fraction of sp³-hybridized carbons (Fsp3) is 0.130. The van der Waals surface area contributed by atoms with Gasteiger partial charge in [-0.3, -0.25) is 4.79 Å². The Bertz CT molecular complexity index is 1040. The molecule has 0 radical (unpaired) electrons. The number of rotatable bonds is 4. The highest BCUT2D eigenvalue weighted by Crippen LogP contribution is 2.30. The maximum atomic E-state index is 13.4. The van der Waals surface area contributed by atoms with Crippen LogP contribution in [0.25, 0.3) is 0 Å². The first kappa shape index (κ1) is 18.7. The van der Waals surface area contributed by atoms with Gasteiger partial charge in [-0.05, 0) is 41.8 Å². The number of amides is 3. The molecule has 0 fully saturated rings. The number of para-hydroxylation sites is 1. The second kappa shape index (κ2) is 8.14. The normalized spacial score (nSPS) is 13.5. The van der Waals surface area contributed by atoms with Crippen molar-refractivity contribution in [2.45, 2.75) is 12.5 Å². The first-order valence-corrected chi connectivity index (χ1v) is 9.39. The molecular formula is C23H20FN3O2. The molecule has 0 bridgehead atoms. The molecule has 3 aromatic carbocycles. The highest BCUT2D eigenvalue weighted by molar-refractivity contribution is 6.02. The second-order valence-corrected chi connectivity index (χ2v) is 6.82. The van der Waals surface area contributed by atoms with Gasteiger partial charge >= 0.3 is 6.03 Å². The van der Waals surface area contributed by atoms with Crippen LogP contribution in [0.15, 0.2) is 78.9 Å². The number of hydrogen-bond donors (Lipinski definition) is 2. The van der Waals surface area contributed by atoms with Gasteiger partial charge in [-0.25, -0.2) is 9.18 Å². The lowest BCUT2D eigenvalue weighted by atomic mass is 10.1. The van der Waals surface area contributed by atoms with E-state index in [-0.39, 0.29) is 5.91 Å². The Kier molecular flexibility index (Phi) is 5.24. The molecule has 29 heavy (non-hydrogen) atoms. The molecule has 2 N–H and O–H groups in total. The summed E-state index contributed by atoms with van der Waals surface area (Å²) < 4.78 is 13.4. The molecule has 6 heteroatoms. The third-order valence-electron chi connectivity index (χ3n) is 4.89. The van der Waals surface area contributed by atoms with Crippen LogP contribution in [0.2, 0.25) is 0 Å². The standard InChI is InChI=1S/C23H20FN3O2/c24-18-10-6-11-19(15-18)25-23(29)26-21(17-8-2-1-3-9-17)22(28)27-14-13-16-7-4-5-12-20(16)27/h1-12,15,21H,13-14H2,(H2,25,26,29). The minimum atomic E-state index is -0.865. The monoisotopic (exact) mass is 389 g/mol. The zero-order valence-corrected chi connectivity index (χ0v) is 15.6. The zero-order valence-electron chi connectivity index (χ0n) is 15.6. The minimum Gasteiger partial charge on any atom is -0.322 e. The predicted molar refractivity (Wildman–Crippen MR) is 110 cm³/mol. The maximum absolute atomic E-state index is 13.4. The Morgan fingerprint density at radius 3 is 2.48 bits per heavy atom. The zero-order chi connectivity index (χ0) is 20.2. The van der Waals surface area contributed by atoms with Crippen LogP contribution in [-0.2, 0) is 11.2 Å². The Labute approximate surface area is 168 Å². The van der Waals surface area contributed by atoms with Gasteiger partial charge in [0, 0.05) is 17.9 Å². The molecule has 1 atom stereocenters. The average molecular weight is 389 g/mol. The van der Waals surface area contributed by atoms with Gasteiger partial charge in [0.1, 0.15) is 11.9 Å². The minimum absolute atomic E-state index is 0.212. The molecule has 4 rings (SSSR count). The summed E-state index contributed by atoms with van der Waals surface area (Å²) >= 11 is 0. The SMILES string of the molecule is O=C(Nc1cccc(F)c1)NC(C(=O)N1CCc2ccccc21)c1ccccc1. The summed E-state index contributed by atoms with van der Waals surface area (Å²) in [4.78, 5) is 27.6. The highest BCUT2D eigenvalue weighted by Gasteiger charge is 2.32. The molecular weight excluding hydrogens is 369 g/mol. The fourth-order valence-electron chi connectivity index (χ4n) is 3.52. The average Bonchev–Trinajstić information content (AvgIpc) is 3.16. The quantitative estimate of drug-likeness (QED) is 0.700. The van der Waals surface area contributed by atoms with E-state index in [1.54, 1.807) is 23.1 Å². The molecule has 1 aliphatic rings. The summed E-state index contributed by atoms with van der Waals surface area (Å²) in [5, 5.41) is 5.33. The van der Waals surface area contributed by atoms with Gasteiger partial charge in [0.2, 0.25) is 0 Å². The van der Waals surface area contributed by atoms with E-state index in [1.165, 1.54) is 18.2 Å². The number of nitrogens with one attached hydrogen (secondary N) is 2. The molecule has 1 heterocycles. The number of hydrogen-bond acceptors (Lipinski definition) is 2. The van der Waals surface area contributed by atoms with Crippen molar-refractivity contribution in [1.82, 2.24) is 5.32 Å². The number of anilines is 2. The molecule has 5 nitrogen and oxygen atoms in total. The Morgan fingerprint density at radius 1 is 0.931 bits per heavy atom. The van der Waals surface area contributed by atoms with Crippen molar-refractivity contribution in [3.8, 4) is 0 Å². The van der Waals surface area contributed by atoms with E-state index >= 15 is 0 Å².